The van der Waals surface area contributed by atoms with Crippen LogP contribution in [-0.2, 0) is 21.2 Å². The fraction of sp³-hybridized carbons (Fsp3) is 0.350. The van der Waals surface area contributed by atoms with Crippen molar-refractivity contribution < 1.29 is 18.1 Å². The van der Waals surface area contributed by atoms with Gasteiger partial charge in [-0.25, -0.2) is 8.42 Å². The van der Waals surface area contributed by atoms with Crippen LogP contribution in [0, 0.1) is 10.1 Å². The molecule has 0 heterocycles. The summed E-state index contributed by atoms with van der Waals surface area (Å²) in [5.41, 5.74) is -0.157. The van der Waals surface area contributed by atoms with E-state index >= 15 is 0 Å². The Kier molecular flexibility index (Phi) is 7.10. The lowest BCUT2D eigenvalue weighted by molar-refractivity contribution is -0.387. The third-order valence-corrected chi connectivity index (χ3v) is 5.55. The molecule has 0 aliphatic carbocycles. The summed E-state index contributed by atoms with van der Waals surface area (Å²) < 4.78 is 28.1. The van der Waals surface area contributed by atoms with Crippen molar-refractivity contribution in [3.63, 3.8) is 0 Å². The highest BCUT2D eigenvalue weighted by molar-refractivity contribution is 7.89. The highest BCUT2D eigenvalue weighted by Gasteiger charge is 2.31. The predicted molar refractivity (Wildman–Crippen MR) is 110 cm³/mol. The topological polar surface area (TPSA) is 118 Å². The zero-order valence-electron chi connectivity index (χ0n) is 16.6. The molecule has 0 bridgehead atoms. The van der Waals surface area contributed by atoms with Gasteiger partial charge in [0.25, 0.3) is 5.69 Å². The normalized spacial score (nSPS) is 12.9. The van der Waals surface area contributed by atoms with Crippen LogP contribution >= 0.6 is 0 Å². The Labute approximate surface area is 170 Å². The molecule has 2 aromatic carbocycles. The number of benzene rings is 2. The lowest BCUT2D eigenvalue weighted by Crippen LogP contribution is -2.52. The molecule has 29 heavy (non-hydrogen) atoms. The molecule has 2 aromatic rings. The molecule has 0 spiro atoms. The van der Waals surface area contributed by atoms with E-state index in [1.165, 1.54) is 12.1 Å². The maximum atomic E-state index is 12.9. The second kappa shape index (κ2) is 9.15. The van der Waals surface area contributed by atoms with E-state index in [0.717, 1.165) is 17.7 Å². The molecule has 0 radical (unpaired) electrons. The Morgan fingerprint density at radius 3 is 2.24 bits per heavy atom. The largest absolute Gasteiger partial charge is 0.350 e. The van der Waals surface area contributed by atoms with Gasteiger partial charge in [-0.2, -0.15) is 4.72 Å². The van der Waals surface area contributed by atoms with Gasteiger partial charge in [0.15, 0.2) is 4.90 Å². The number of carbonyl (C=O) groups excluding carboxylic acids is 1. The number of nitrogens with one attached hydrogen (secondary N) is 2. The van der Waals surface area contributed by atoms with Crippen LogP contribution < -0.4 is 10.0 Å². The number of nitrogens with zero attached hydrogens (tertiary/aromatic N) is 1. The Morgan fingerprint density at radius 1 is 1.07 bits per heavy atom. The standard InChI is InChI=1S/C20H25N3O5S/c1-20(2,3)21-19(24)16(14-13-15-9-5-4-6-10-15)22-29(27,28)18-12-8-7-11-17(18)23(25)26/h4-12,16,22H,13-14H2,1-3H3,(H,21,24). The zero-order valence-corrected chi connectivity index (χ0v) is 17.4. The molecule has 0 aromatic heterocycles. The minimum atomic E-state index is -4.29. The summed E-state index contributed by atoms with van der Waals surface area (Å²) in [6, 6.07) is 13.3. The Bertz CT molecular complexity index is 969. The quantitative estimate of drug-likeness (QED) is 0.504. The SMILES string of the molecule is CC(C)(C)NC(=O)C(CCc1ccccc1)NS(=O)(=O)c1ccccc1[N+](=O)[O-]. The van der Waals surface area contributed by atoms with Crippen molar-refractivity contribution in [3.05, 3.63) is 70.3 Å². The number of carbonyl (C=O) groups is 1. The van der Waals surface area contributed by atoms with Gasteiger partial charge in [-0.3, -0.25) is 14.9 Å². The van der Waals surface area contributed by atoms with E-state index in [1.54, 1.807) is 20.8 Å². The summed E-state index contributed by atoms with van der Waals surface area (Å²) >= 11 is 0. The average molecular weight is 420 g/mol. The summed E-state index contributed by atoms with van der Waals surface area (Å²) in [7, 11) is -4.29. The third-order valence-electron chi connectivity index (χ3n) is 4.03. The number of nitro benzene ring substituents is 1. The molecule has 1 unspecified atom stereocenters. The lowest BCUT2D eigenvalue weighted by atomic mass is 10.0. The van der Waals surface area contributed by atoms with Gasteiger partial charge >= 0.3 is 0 Å². The summed E-state index contributed by atoms with van der Waals surface area (Å²) in [4.78, 5) is 22.7. The highest BCUT2D eigenvalue weighted by atomic mass is 32.2. The summed E-state index contributed by atoms with van der Waals surface area (Å²) in [6.45, 7) is 5.36. The Balaban J connectivity index is 2.30. The molecule has 156 valence electrons. The monoisotopic (exact) mass is 419 g/mol. The summed E-state index contributed by atoms with van der Waals surface area (Å²) in [5, 5.41) is 14.0. The van der Waals surface area contributed by atoms with Crippen molar-refractivity contribution in [3.8, 4) is 0 Å². The van der Waals surface area contributed by atoms with E-state index in [1.807, 2.05) is 30.3 Å². The van der Waals surface area contributed by atoms with Crippen molar-refractivity contribution in [1.82, 2.24) is 10.0 Å². The van der Waals surface area contributed by atoms with Crippen molar-refractivity contribution in [1.29, 1.82) is 0 Å². The van der Waals surface area contributed by atoms with Crippen LogP contribution in [0.5, 0.6) is 0 Å². The maximum Gasteiger partial charge on any atom is 0.289 e. The highest BCUT2D eigenvalue weighted by Crippen LogP contribution is 2.23. The number of hydrogen-bond donors (Lipinski definition) is 2. The van der Waals surface area contributed by atoms with Crippen molar-refractivity contribution in [2.45, 2.75) is 50.1 Å². The van der Waals surface area contributed by atoms with Crippen LogP contribution in [0.4, 0.5) is 5.69 Å². The second-order valence-corrected chi connectivity index (χ2v) is 9.34. The molecule has 2 N–H and O–H groups in total. The number of nitro groups is 1. The molecule has 8 nitrogen and oxygen atoms in total. The summed E-state index contributed by atoms with van der Waals surface area (Å²) in [5.74, 6) is -0.490. The van der Waals surface area contributed by atoms with E-state index in [4.69, 9.17) is 0 Å². The molecule has 9 heteroatoms. The molecular weight excluding hydrogens is 394 g/mol. The minimum Gasteiger partial charge on any atom is -0.350 e. The number of sulfonamides is 1. The van der Waals surface area contributed by atoms with Gasteiger partial charge in [-0.15, -0.1) is 0 Å². The molecule has 0 saturated carbocycles. The first-order valence-electron chi connectivity index (χ1n) is 9.11. The molecule has 1 amide bonds. The summed E-state index contributed by atoms with van der Waals surface area (Å²) in [6.07, 6.45) is 0.661. The van der Waals surface area contributed by atoms with Crippen LogP contribution in [0.15, 0.2) is 59.5 Å². The molecular formula is C20H25N3O5S. The van der Waals surface area contributed by atoms with Gasteiger partial charge in [0.1, 0.15) is 6.04 Å². The van der Waals surface area contributed by atoms with Crippen LogP contribution in [0.3, 0.4) is 0 Å². The molecule has 0 fully saturated rings. The van der Waals surface area contributed by atoms with Crippen LogP contribution in [0.1, 0.15) is 32.8 Å². The predicted octanol–water partition coefficient (Wildman–Crippen LogP) is 2.79. The second-order valence-electron chi connectivity index (χ2n) is 7.66. The van der Waals surface area contributed by atoms with E-state index in [9.17, 15) is 23.3 Å². The zero-order chi connectivity index (χ0) is 21.7. The molecule has 1 atom stereocenters. The first kappa shape index (κ1) is 22.5. The molecule has 0 saturated heterocycles. The number of amides is 1. The fourth-order valence-corrected chi connectivity index (χ4v) is 4.14. The first-order chi connectivity index (χ1) is 13.5. The van der Waals surface area contributed by atoms with Crippen LogP contribution in [-0.4, -0.2) is 30.8 Å². The van der Waals surface area contributed by atoms with Gasteiger partial charge in [0.2, 0.25) is 15.9 Å². The Hall–Kier alpha value is -2.78. The van der Waals surface area contributed by atoms with E-state index in [-0.39, 0.29) is 6.42 Å². The Morgan fingerprint density at radius 2 is 1.66 bits per heavy atom. The van der Waals surface area contributed by atoms with Crippen LogP contribution in [0.2, 0.25) is 0 Å². The number of para-hydroxylation sites is 1. The average Bonchev–Trinajstić information content (AvgIpc) is 2.64. The van der Waals surface area contributed by atoms with Crippen molar-refractivity contribution in [2.24, 2.45) is 0 Å². The van der Waals surface area contributed by atoms with E-state index in [0.29, 0.717) is 6.42 Å². The van der Waals surface area contributed by atoms with Gasteiger partial charge in [-0.1, -0.05) is 42.5 Å². The number of aryl methyl sites for hydroxylation is 1. The lowest BCUT2D eigenvalue weighted by Gasteiger charge is -2.25. The van der Waals surface area contributed by atoms with E-state index < -0.39 is 43.0 Å². The van der Waals surface area contributed by atoms with Gasteiger partial charge in [-0.05, 0) is 45.2 Å². The number of rotatable bonds is 8. The van der Waals surface area contributed by atoms with Gasteiger partial charge < -0.3 is 5.32 Å². The van der Waals surface area contributed by atoms with E-state index in [2.05, 4.69) is 10.0 Å². The van der Waals surface area contributed by atoms with Crippen molar-refractivity contribution >= 4 is 21.6 Å². The fourth-order valence-electron chi connectivity index (χ4n) is 2.74. The van der Waals surface area contributed by atoms with Gasteiger partial charge in [0.05, 0.1) is 4.92 Å². The molecule has 2 rings (SSSR count). The molecule has 0 aliphatic heterocycles. The maximum absolute atomic E-state index is 12.9. The minimum absolute atomic E-state index is 0.200. The molecule has 0 aliphatic rings. The smallest absolute Gasteiger partial charge is 0.289 e. The van der Waals surface area contributed by atoms with Crippen molar-refractivity contribution in [2.75, 3.05) is 0 Å². The van der Waals surface area contributed by atoms with Crippen LogP contribution in [0.25, 0.3) is 0 Å². The first-order valence-corrected chi connectivity index (χ1v) is 10.6. The number of hydrogen-bond acceptors (Lipinski definition) is 5. The van der Waals surface area contributed by atoms with Gasteiger partial charge in [0, 0.05) is 11.6 Å². The third kappa shape index (κ3) is 6.65.